The zero-order valence-electron chi connectivity index (χ0n) is 13.9. The number of carbonyl (C=O) groups excluding carboxylic acids is 1. The van der Waals surface area contributed by atoms with E-state index in [1.807, 2.05) is 62.4 Å². The highest BCUT2D eigenvalue weighted by Crippen LogP contribution is 2.24. The van der Waals surface area contributed by atoms with Crippen LogP contribution in [-0.4, -0.2) is 19.0 Å². The lowest BCUT2D eigenvalue weighted by molar-refractivity contribution is -0.121. The molecule has 1 atom stereocenters. The smallest absolute Gasteiger partial charge is 0.227 e. The van der Waals surface area contributed by atoms with Crippen molar-refractivity contribution in [3.63, 3.8) is 0 Å². The van der Waals surface area contributed by atoms with E-state index in [0.29, 0.717) is 5.92 Å². The number of amides is 1. The highest BCUT2D eigenvalue weighted by molar-refractivity contribution is 5.92. The van der Waals surface area contributed by atoms with E-state index in [-0.39, 0.29) is 24.2 Å². The Labute approximate surface area is 149 Å². The van der Waals surface area contributed by atoms with Gasteiger partial charge in [0, 0.05) is 11.6 Å². The first-order valence-corrected chi connectivity index (χ1v) is 7.98. The van der Waals surface area contributed by atoms with Crippen LogP contribution in [0.25, 0.3) is 0 Å². The number of hydrogen-bond acceptors (Lipinski definition) is 3. The molecular formula is C19H23ClN2O2. The van der Waals surface area contributed by atoms with Gasteiger partial charge in [0.15, 0.2) is 0 Å². The molecule has 128 valence electrons. The molecule has 0 saturated carbocycles. The zero-order chi connectivity index (χ0) is 16.2. The fourth-order valence-corrected chi connectivity index (χ4v) is 2.48. The molecule has 1 saturated heterocycles. The summed E-state index contributed by atoms with van der Waals surface area (Å²) in [6.07, 6.45) is 0. The Morgan fingerprint density at radius 1 is 1.08 bits per heavy atom. The van der Waals surface area contributed by atoms with Crippen molar-refractivity contribution < 1.29 is 9.53 Å². The molecule has 0 aromatic heterocycles. The number of hydrogen-bond donors (Lipinski definition) is 2. The van der Waals surface area contributed by atoms with Crippen molar-refractivity contribution in [2.24, 2.45) is 11.8 Å². The third-order valence-electron chi connectivity index (χ3n) is 4.31. The number of ether oxygens (including phenoxy) is 1. The Kier molecular flexibility index (Phi) is 6.23. The van der Waals surface area contributed by atoms with Gasteiger partial charge >= 0.3 is 0 Å². The van der Waals surface area contributed by atoms with E-state index in [4.69, 9.17) is 4.74 Å². The van der Waals surface area contributed by atoms with E-state index in [2.05, 4.69) is 10.6 Å². The Morgan fingerprint density at radius 2 is 1.62 bits per heavy atom. The van der Waals surface area contributed by atoms with E-state index < -0.39 is 0 Å². The summed E-state index contributed by atoms with van der Waals surface area (Å²) >= 11 is 0. The molecule has 1 unspecified atom stereocenters. The van der Waals surface area contributed by atoms with Gasteiger partial charge in [-0.2, -0.15) is 0 Å². The molecular weight excluding hydrogens is 324 g/mol. The highest BCUT2D eigenvalue weighted by atomic mass is 35.5. The summed E-state index contributed by atoms with van der Waals surface area (Å²) in [6, 6.07) is 15.4. The van der Waals surface area contributed by atoms with E-state index in [0.717, 1.165) is 30.3 Å². The van der Waals surface area contributed by atoms with Crippen molar-refractivity contribution in [2.45, 2.75) is 13.8 Å². The molecule has 3 rings (SSSR count). The Morgan fingerprint density at radius 3 is 2.12 bits per heavy atom. The van der Waals surface area contributed by atoms with Crippen molar-refractivity contribution in [1.82, 2.24) is 5.32 Å². The van der Waals surface area contributed by atoms with Crippen LogP contribution in [0.3, 0.4) is 0 Å². The predicted molar refractivity (Wildman–Crippen MR) is 99.1 cm³/mol. The molecule has 1 fully saturated rings. The number of carbonyl (C=O) groups is 1. The molecule has 1 aliphatic heterocycles. The maximum absolute atomic E-state index is 12.2. The van der Waals surface area contributed by atoms with Crippen LogP contribution >= 0.6 is 12.4 Å². The molecule has 5 heteroatoms. The maximum Gasteiger partial charge on any atom is 0.227 e. The molecule has 2 aromatic rings. The Balaban J connectivity index is 0.00000208. The highest BCUT2D eigenvalue weighted by Gasteiger charge is 2.28. The fourth-order valence-electron chi connectivity index (χ4n) is 2.48. The Bertz CT molecular complexity index is 667. The molecule has 2 N–H and O–H groups in total. The van der Waals surface area contributed by atoms with Crippen LogP contribution in [0, 0.1) is 18.8 Å². The number of benzene rings is 2. The molecule has 2 aromatic carbocycles. The van der Waals surface area contributed by atoms with Gasteiger partial charge in [0.1, 0.15) is 11.5 Å². The van der Waals surface area contributed by atoms with Crippen LogP contribution in [0.5, 0.6) is 11.5 Å². The van der Waals surface area contributed by atoms with Gasteiger partial charge in [-0.15, -0.1) is 12.4 Å². The number of nitrogens with one attached hydrogen (secondary N) is 2. The molecule has 1 amide bonds. The number of halogens is 1. The summed E-state index contributed by atoms with van der Waals surface area (Å²) in [6.45, 7) is 5.88. The van der Waals surface area contributed by atoms with Crippen LogP contribution in [0.1, 0.15) is 12.5 Å². The van der Waals surface area contributed by atoms with Crippen molar-refractivity contribution in [3.8, 4) is 11.5 Å². The van der Waals surface area contributed by atoms with Crippen molar-refractivity contribution in [2.75, 3.05) is 18.4 Å². The summed E-state index contributed by atoms with van der Waals surface area (Å²) in [4.78, 5) is 12.2. The minimum absolute atomic E-state index is 0. The SMILES string of the molecule is Cc1ccc(Oc2ccc(NC(=O)C(C)C3CNC3)cc2)cc1.Cl. The molecule has 0 spiro atoms. The lowest BCUT2D eigenvalue weighted by atomic mass is 9.88. The van der Waals surface area contributed by atoms with Crippen molar-refractivity contribution in [1.29, 1.82) is 0 Å². The van der Waals surface area contributed by atoms with Crippen LogP contribution in [0.4, 0.5) is 5.69 Å². The first-order chi connectivity index (χ1) is 11.1. The number of rotatable bonds is 5. The van der Waals surface area contributed by atoms with Crippen molar-refractivity contribution >= 4 is 24.0 Å². The average molecular weight is 347 g/mol. The van der Waals surface area contributed by atoms with Gasteiger partial charge in [0.05, 0.1) is 0 Å². The second kappa shape index (κ2) is 8.18. The third kappa shape index (κ3) is 4.49. The second-order valence-corrected chi connectivity index (χ2v) is 6.14. The number of anilines is 1. The first-order valence-electron chi connectivity index (χ1n) is 7.98. The largest absolute Gasteiger partial charge is 0.457 e. The molecule has 0 aliphatic carbocycles. The number of aryl methyl sites for hydroxylation is 1. The van der Waals surface area contributed by atoms with E-state index >= 15 is 0 Å². The summed E-state index contributed by atoms with van der Waals surface area (Å²) < 4.78 is 5.78. The molecule has 0 radical (unpaired) electrons. The van der Waals surface area contributed by atoms with Gasteiger partial charge in [-0.1, -0.05) is 24.6 Å². The van der Waals surface area contributed by atoms with Gasteiger partial charge in [0.2, 0.25) is 5.91 Å². The van der Waals surface area contributed by atoms with Crippen LogP contribution in [-0.2, 0) is 4.79 Å². The molecule has 4 nitrogen and oxygen atoms in total. The summed E-state index contributed by atoms with van der Waals surface area (Å²) in [5, 5.41) is 6.17. The minimum Gasteiger partial charge on any atom is -0.457 e. The van der Waals surface area contributed by atoms with Crippen LogP contribution < -0.4 is 15.4 Å². The van der Waals surface area contributed by atoms with Gasteiger partial charge in [0.25, 0.3) is 0 Å². The minimum atomic E-state index is 0. The lowest BCUT2D eigenvalue weighted by Gasteiger charge is -2.31. The third-order valence-corrected chi connectivity index (χ3v) is 4.31. The van der Waals surface area contributed by atoms with Gasteiger partial charge in [-0.05, 0) is 62.3 Å². The van der Waals surface area contributed by atoms with Gasteiger partial charge < -0.3 is 15.4 Å². The first kappa shape index (κ1) is 18.3. The molecule has 1 aliphatic rings. The van der Waals surface area contributed by atoms with E-state index in [9.17, 15) is 4.79 Å². The summed E-state index contributed by atoms with van der Waals surface area (Å²) in [5.74, 6) is 2.10. The van der Waals surface area contributed by atoms with Crippen LogP contribution in [0.2, 0.25) is 0 Å². The second-order valence-electron chi connectivity index (χ2n) is 6.14. The van der Waals surface area contributed by atoms with E-state index in [1.54, 1.807) is 0 Å². The maximum atomic E-state index is 12.2. The molecule has 24 heavy (non-hydrogen) atoms. The van der Waals surface area contributed by atoms with Crippen LogP contribution in [0.15, 0.2) is 48.5 Å². The lowest BCUT2D eigenvalue weighted by Crippen LogP contribution is -2.48. The van der Waals surface area contributed by atoms with Crippen molar-refractivity contribution in [3.05, 3.63) is 54.1 Å². The monoisotopic (exact) mass is 346 g/mol. The predicted octanol–water partition coefficient (Wildman–Crippen LogP) is 4.00. The fraction of sp³-hybridized carbons (Fsp3) is 0.316. The quantitative estimate of drug-likeness (QED) is 0.860. The zero-order valence-corrected chi connectivity index (χ0v) is 14.7. The summed E-state index contributed by atoms with van der Waals surface area (Å²) in [5.41, 5.74) is 2.00. The summed E-state index contributed by atoms with van der Waals surface area (Å²) in [7, 11) is 0. The van der Waals surface area contributed by atoms with Gasteiger partial charge in [-0.25, -0.2) is 0 Å². The van der Waals surface area contributed by atoms with E-state index in [1.165, 1.54) is 5.56 Å². The molecule has 0 bridgehead atoms. The standard InChI is InChI=1S/C19H22N2O2.ClH/c1-13-3-7-17(8-4-13)23-18-9-5-16(6-10-18)21-19(22)14(2)15-11-20-12-15;/h3-10,14-15,20H,11-12H2,1-2H3,(H,21,22);1H. The average Bonchev–Trinajstić information content (AvgIpc) is 2.50. The topological polar surface area (TPSA) is 50.4 Å². The Hall–Kier alpha value is -2.04. The van der Waals surface area contributed by atoms with Gasteiger partial charge in [-0.3, -0.25) is 4.79 Å². The molecule has 1 heterocycles. The normalized spacial score (nSPS) is 14.9.